The first kappa shape index (κ1) is 20.2. The van der Waals surface area contributed by atoms with Crippen molar-refractivity contribution in [1.29, 1.82) is 0 Å². The lowest BCUT2D eigenvalue weighted by atomic mass is 9.76. The lowest BCUT2D eigenvalue weighted by Gasteiger charge is -2.46. The maximum absolute atomic E-state index is 12.8. The number of nitrogens with one attached hydrogen (secondary N) is 1. The predicted octanol–water partition coefficient (Wildman–Crippen LogP) is 4.19. The molecule has 6 nitrogen and oxygen atoms in total. The Morgan fingerprint density at radius 1 is 1.13 bits per heavy atom. The number of piperidine rings is 1. The molecule has 1 atom stereocenters. The minimum Gasteiger partial charge on any atom is -0.487 e. The van der Waals surface area contributed by atoms with Crippen LogP contribution in [0, 0.1) is 6.92 Å². The highest BCUT2D eigenvalue weighted by molar-refractivity contribution is 5.91. The zero-order valence-electron chi connectivity index (χ0n) is 18.1. The minimum absolute atomic E-state index is 0.0596. The summed E-state index contributed by atoms with van der Waals surface area (Å²) in [5.74, 6) is 2.25. The van der Waals surface area contributed by atoms with Crippen molar-refractivity contribution < 1.29 is 18.7 Å². The van der Waals surface area contributed by atoms with Gasteiger partial charge in [0.15, 0.2) is 5.76 Å². The summed E-state index contributed by atoms with van der Waals surface area (Å²) in [7, 11) is 0. The Morgan fingerprint density at radius 2 is 1.90 bits per heavy atom. The zero-order valence-corrected chi connectivity index (χ0v) is 18.1. The number of rotatable bonds is 4. The van der Waals surface area contributed by atoms with Crippen LogP contribution in [-0.2, 0) is 4.79 Å². The van der Waals surface area contributed by atoms with E-state index in [0.29, 0.717) is 31.3 Å². The summed E-state index contributed by atoms with van der Waals surface area (Å²) in [6.07, 6.45) is 6.22. The molecule has 1 aromatic heterocycles. The first-order valence-electron chi connectivity index (χ1n) is 11.4. The number of fused-ring (bicyclic) bond motifs is 1. The van der Waals surface area contributed by atoms with E-state index in [2.05, 4.69) is 11.4 Å². The van der Waals surface area contributed by atoms with Gasteiger partial charge in [0, 0.05) is 44.3 Å². The van der Waals surface area contributed by atoms with E-state index in [1.54, 1.807) is 6.07 Å². The molecule has 31 heavy (non-hydrogen) atoms. The van der Waals surface area contributed by atoms with Crippen LogP contribution in [0.25, 0.3) is 0 Å². The number of ether oxygens (including phenoxy) is 1. The van der Waals surface area contributed by atoms with Crippen molar-refractivity contribution in [1.82, 2.24) is 10.2 Å². The number of nitrogens with zero attached hydrogens (tertiary/aromatic N) is 1. The molecular formula is C25H30N2O4. The molecule has 1 aromatic carbocycles. The Labute approximate surface area is 182 Å². The van der Waals surface area contributed by atoms with Gasteiger partial charge in [-0.15, -0.1) is 0 Å². The van der Waals surface area contributed by atoms with Crippen molar-refractivity contribution in [2.45, 2.75) is 69.4 Å². The number of carbonyl (C=O) groups excluding carboxylic acids is 2. The molecule has 3 aliphatic rings. The molecule has 6 heteroatoms. The number of carbonyl (C=O) groups is 2. The smallest absolute Gasteiger partial charge is 0.289 e. The Morgan fingerprint density at radius 3 is 2.58 bits per heavy atom. The van der Waals surface area contributed by atoms with Gasteiger partial charge in [-0.2, -0.15) is 0 Å². The lowest BCUT2D eigenvalue weighted by molar-refractivity contribution is -0.123. The fourth-order valence-electron chi connectivity index (χ4n) is 5.12. The first-order chi connectivity index (χ1) is 15.0. The van der Waals surface area contributed by atoms with Gasteiger partial charge in [-0.25, -0.2) is 0 Å². The second-order valence-corrected chi connectivity index (χ2v) is 9.33. The fourth-order valence-corrected chi connectivity index (χ4v) is 5.12. The molecule has 0 radical (unpaired) electrons. The third-order valence-corrected chi connectivity index (χ3v) is 7.12. The molecule has 5 rings (SSSR count). The SMILES string of the molecule is Cc1ccc(C(=O)N2CCC3(CC2)C[C@@H](CC(=O)NC2CCC2)c2ccccc2O3)o1. The largest absolute Gasteiger partial charge is 0.487 e. The third kappa shape index (κ3) is 4.08. The Kier molecular flexibility index (Phi) is 5.24. The van der Waals surface area contributed by atoms with Gasteiger partial charge in [-0.05, 0) is 56.4 Å². The number of hydrogen-bond donors (Lipinski definition) is 1. The maximum Gasteiger partial charge on any atom is 0.289 e. The molecule has 0 bridgehead atoms. The normalized spacial score (nSPS) is 22.4. The van der Waals surface area contributed by atoms with Crippen molar-refractivity contribution in [2.75, 3.05) is 13.1 Å². The molecule has 3 heterocycles. The fraction of sp³-hybridized carbons (Fsp3) is 0.520. The highest BCUT2D eigenvalue weighted by atomic mass is 16.5. The lowest BCUT2D eigenvalue weighted by Crippen LogP contribution is -2.52. The van der Waals surface area contributed by atoms with E-state index in [9.17, 15) is 9.59 Å². The van der Waals surface area contributed by atoms with Crippen LogP contribution in [0.3, 0.4) is 0 Å². The van der Waals surface area contributed by atoms with Crippen LogP contribution in [0.5, 0.6) is 5.75 Å². The minimum atomic E-state index is -0.328. The average Bonchev–Trinajstić information content (AvgIpc) is 3.17. The molecule has 1 aliphatic carbocycles. The van der Waals surface area contributed by atoms with Crippen molar-refractivity contribution in [2.24, 2.45) is 0 Å². The van der Waals surface area contributed by atoms with Gasteiger partial charge in [0.25, 0.3) is 5.91 Å². The van der Waals surface area contributed by atoms with E-state index in [1.165, 1.54) is 6.42 Å². The van der Waals surface area contributed by atoms with Crippen molar-refractivity contribution >= 4 is 11.8 Å². The van der Waals surface area contributed by atoms with Crippen LogP contribution in [0.2, 0.25) is 0 Å². The molecule has 164 valence electrons. The first-order valence-corrected chi connectivity index (χ1v) is 11.4. The molecule has 1 spiro atoms. The van der Waals surface area contributed by atoms with Gasteiger partial charge in [-0.3, -0.25) is 9.59 Å². The van der Waals surface area contributed by atoms with Crippen molar-refractivity contribution in [3.05, 3.63) is 53.5 Å². The number of aryl methyl sites for hydroxylation is 1. The summed E-state index contributed by atoms with van der Waals surface area (Å²) in [6, 6.07) is 12.0. The molecule has 1 N–H and O–H groups in total. The topological polar surface area (TPSA) is 71.8 Å². The second-order valence-electron chi connectivity index (χ2n) is 9.33. The number of likely N-dealkylation sites (tertiary alicyclic amines) is 1. The van der Waals surface area contributed by atoms with Crippen LogP contribution in [0.1, 0.15) is 72.7 Å². The highest BCUT2D eigenvalue weighted by Gasteiger charge is 2.44. The van der Waals surface area contributed by atoms with E-state index < -0.39 is 0 Å². The van der Waals surface area contributed by atoms with Crippen molar-refractivity contribution in [3.8, 4) is 5.75 Å². The molecule has 2 aromatic rings. The molecular weight excluding hydrogens is 392 g/mol. The van der Waals surface area contributed by atoms with Crippen LogP contribution < -0.4 is 10.1 Å². The van der Waals surface area contributed by atoms with E-state index in [-0.39, 0.29) is 23.3 Å². The van der Waals surface area contributed by atoms with Crippen LogP contribution in [0.15, 0.2) is 40.8 Å². The molecule has 1 saturated heterocycles. The number of hydrogen-bond acceptors (Lipinski definition) is 4. The van der Waals surface area contributed by atoms with E-state index in [4.69, 9.17) is 9.15 Å². The van der Waals surface area contributed by atoms with Gasteiger partial charge in [0.1, 0.15) is 17.1 Å². The summed E-state index contributed by atoms with van der Waals surface area (Å²) < 4.78 is 12.1. The van der Waals surface area contributed by atoms with Crippen LogP contribution in [0.4, 0.5) is 0 Å². The second kappa shape index (κ2) is 8.06. The molecule has 0 unspecified atom stereocenters. The van der Waals surface area contributed by atoms with Crippen LogP contribution >= 0.6 is 0 Å². The summed E-state index contributed by atoms with van der Waals surface area (Å²) in [5.41, 5.74) is 0.799. The standard InChI is InChI=1S/C25H30N2O4/c1-17-9-10-22(30-17)24(29)27-13-11-25(12-14-27)16-18(15-23(28)26-19-5-4-6-19)20-7-2-3-8-21(20)31-25/h2-3,7-10,18-19H,4-6,11-16H2,1H3,(H,26,28)/t18-/m1/s1. The molecule has 2 aliphatic heterocycles. The Hall–Kier alpha value is -2.76. The van der Waals surface area contributed by atoms with Gasteiger partial charge < -0.3 is 19.4 Å². The number of para-hydroxylation sites is 1. The molecule has 2 amide bonds. The van der Waals surface area contributed by atoms with E-state index in [1.807, 2.05) is 36.1 Å². The van der Waals surface area contributed by atoms with Gasteiger partial charge in [0.05, 0.1) is 0 Å². The quantitative estimate of drug-likeness (QED) is 0.802. The molecule has 2 fully saturated rings. The summed E-state index contributed by atoms with van der Waals surface area (Å²) in [5, 5.41) is 3.18. The predicted molar refractivity (Wildman–Crippen MR) is 116 cm³/mol. The zero-order chi connectivity index (χ0) is 21.4. The van der Waals surface area contributed by atoms with E-state index >= 15 is 0 Å². The number of benzene rings is 1. The Bertz CT molecular complexity index is 969. The number of furan rings is 1. The summed E-state index contributed by atoms with van der Waals surface area (Å²) >= 11 is 0. The summed E-state index contributed by atoms with van der Waals surface area (Å²) in [6.45, 7) is 3.10. The Balaban J connectivity index is 1.28. The summed E-state index contributed by atoms with van der Waals surface area (Å²) in [4.78, 5) is 27.3. The van der Waals surface area contributed by atoms with Gasteiger partial charge in [0.2, 0.25) is 5.91 Å². The van der Waals surface area contributed by atoms with Crippen LogP contribution in [-0.4, -0.2) is 41.4 Å². The average molecular weight is 423 g/mol. The third-order valence-electron chi connectivity index (χ3n) is 7.12. The molecule has 1 saturated carbocycles. The maximum atomic E-state index is 12.8. The van der Waals surface area contributed by atoms with Gasteiger partial charge >= 0.3 is 0 Å². The highest BCUT2D eigenvalue weighted by Crippen LogP contribution is 2.46. The monoisotopic (exact) mass is 422 g/mol. The van der Waals surface area contributed by atoms with Crippen molar-refractivity contribution in [3.63, 3.8) is 0 Å². The van der Waals surface area contributed by atoms with Gasteiger partial charge in [-0.1, -0.05) is 18.2 Å². The number of amides is 2. The van der Waals surface area contributed by atoms with E-state index in [0.717, 1.165) is 49.2 Å².